The third-order valence-corrected chi connectivity index (χ3v) is 5.08. The molecule has 0 radical (unpaired) electrons. The van der Waals surface area contributed by atoms with Crippen LogP contribution < -0.4 is 5.73 Å². The number of esters is 1. The molecule has 0 aromatic rings. The lowest BCUT2D eigenvalue weighted by molar-refractivity contribution is -0.862. The minimum atomic E-state index is -0.556. The van der Waals surface area contributed by atoms with Crippen molar-refractivity contribution in [3.8, 4) is 0 Å². The Morgan fingerprint density at radius 1 is 1.46 bits per heavy atom. The molecular formula is C18H30N3O2S+. The van der Waals surface area contributed by atoms with E-state index in [1.807, 2.05) is 28.2 Å². The maximum absolute atomic E-state index is 12.4. The Morgan fingerprint density at radius 3 is 2.75 bits per heavy atom. The van der Waals surface area contributed by atoms with Crippen molar-refractivity contribution < 1.29 is 14.0 Å². The highest BCUT2D eigenvalue weighted by Crippen LogP contribution is 2.46. The summed E-state index contributed by atoms with van der Waals surface area (Å²) < 4.78 is 6.46. The van der Waals surface area contributed by atoms with Gasteiger partial charge >= 0.3 is 5.97 Å². The van der Waals surface area contributed by atoms with E-state index in [2.05, 4.69) is 23.3 Å². The highest BCUT2D eigenvalue weighted by atomic mass is 32.1. The van der Waals surface area contributed by atoms with Gasteiger partial charge in [-0.05, 0) is 24.8 Å². The van der Waals surface area contributed by atoms with Crippen molar-refractivity contribution >= 4 is 23.2 Å². The van der Waals surface area contributed by atoms with Crippen molar-refractivity contribution in [3.63, 3.8) is 0 Å². The quantitative estimate of drug-likeness (QED) is 0.465. The molecule has 5 nitrogen and oxygen atoms in total. The molecule has 0 saturated heterocycles. The Labute approximate surface area is 150 Å². The molecule has 134 valence electrons. The van der Waals surface area contributed by atoms with E-state index < -0.39 is 5.41 Å². The molecule has 1 fully saturated rings. The van der Waals surface area contributed by atoms with Gasteiger partial charge < -0.3 is 19.9 Å². The molecule has 1 saturated carbocycles. The number of nitrogens with zero attached hydrogens (tertiary/aromatic N) is 2. The average molecular weight is 353 g/mol. The van der Waals surface area contributed by atoms with Crippen molar-refractivity contribution in [1.82, 2.24) is 4.90 Å². The molecule has 1 heterocycles. The molecule has 0 spiro atoms. The first kappa shape index (κ1) is 18.9. The number of hydrogen-bond donors (Lipinski definition) is 1. The third-order valence-electron chi connectivity index (χ3n) is 4.72. The molecule has 0 bridgehead atoms. The summed E-state index contributed by atoms with van der Waals surface area (Å²) in [5.41, 5.74) is 6.72. The topological polar surface area (TPSA) is 55.6 Å². The zero-order valence-corrected chi connectivity index (χ0v) is 16.1. The lowest BCUT2D eigenvalue weighted by atomic mass is 9.66. The zero-order chi connectivity index (χ0) is 18.0. The van der Waals surface area contributed by atoms with Crippen molar-refractivity contribution in [2.75, 3.05) is 41.3 Å². The highest BCUT2D eigenvalue weighted by molar-refractivity contribution is 7.80. The maximum atomic E-state index is 12.4. The summed E-state index contributed by atoms with van der Waals surface area (Å²) in [6, 6.07) is 0. The number of quaternary nitrogens is 1. The van der Waals surface area contributed by atoms with Gasteiger partial charge in [-0.25, -0.2) is 4.79 Å². The second-order valence-corrected chi connectivity index (χ2v) is 8.37. The molecule has 0 aromatic heterocycles. The van der Waals surface area contributed by atoms with Crippen molar-refractivity contribution in [2.24, 2.45) is 11.1 Å². The highest BCUT2D eigenvalue weighted by Gasteiger charge is 2.48. The van der Waals surface area contributed by atoms with Gasteiger partial charge in [0.25, 0.3) is 0 Å². The van der Waals surface area contributed by atoms with Gasteiger partial charge in [-0.1, -0.05) is 30.8 Å². The van der Waals surface area contributed by atoms with E-state index in [4.69, 9.17) is 22.7 Å². The molecule has 6 heteroatoms. The van der Waals surface area contributed by atoms with Crippen LogP contribution in [0.15, 0.2) is 23.9 Å². The molecule has 2 N–H and O–H groups in total. The van der Waals surface area contributed by atoms with Gasteiger partial charge in [0.2, 0.25) is 0 Å². The molecule has 1 aliphatic heterocycles. The summed E-state index contributed by atoms with van der Waals surface area (Å²) in [4.78, 5) is 14.9. The Bertz CT molecular complexity index is 565. The summed E-state index contributed by atoms with van der Waals surface area (Å²) in [6.07, 6.45) is 9.69. The number of likely N-dealkylation sites (N-methyl/N-ethyl adjacent to an activating group) is 2. The first-order chi connectivity index (χ1) is 11.1. The van der Waals surface area contributed by atoms with Crippen LogP contribution in [0.5, 0.6) is 0 Å². The molecule has 2 atom stereocenters. The first-order valence-electron chi connectivity index (χ1n) is 8.54. The first-order valence-corrected chi connectivity index (χ1v) is 8.95. The largest absolute Gasteiger partial charge is 0.457 e. The number of carbonyl (C=O) groups is 1. The van der Waals surface area contributed by atoms with E-state index in [0.717, 1.165) is 37.8 Å². The van der Waals surface area contributed by atoms with E-state index in [-0.39, 0.29) is 12.1 Å². The van der Waals surface area contributed by atoms with Crippen LogP contribution in [0.1, 0.15) is 25.7 Å². The Balaban J connectivity index is 2.31. The van der Waals surface area contributed by atoms with Crippen molar-refractivity contribution in [3.05, 3.63) is 23.9 Å². The Kier molecular flexibility index (Phi) is 5.71. The lowest BCUT2D eigenvalue weighted by Crippen LogP contribution is -2.52. The second kappa shape index (κ2) is 7.23. The normalized spacial score (nSPS) is 27.6. The van der Waals surface area contributed by atoms with Gasteiger partial charge in [0, 0.05) is 19.8 Å². The molecule has 0 unspecified atom stereocenters. The van der Waals surface area contributed by atoms with Gasteiger partial charge in [0.1, 0.15) is 6.10 Å². The summed E-state index contributed by atoms with van der Waals surface area (Å²) in [6.45, 7) is 1.20. The lowest BCUT2D eigenvalue weighted by Gasteiger charge is -2.44. The maximum Gasteiger partial charge on any atom is 0.362 e. The minimum Gasteiger partial charge on any atom is -0.457 e. The SMILES string of the molecule is CN1C=C([C@]2(C(N)=S)CCCC[C@H]2OC(=O)C[N+](C)(C)C)C=CC1. The number of hydrogen-bond acceptors (Lipinski definition) is 4. The molecular weight excluding hydrogens is 322 g/mol. The van der Waals surface area contributed by atoms with Crippen LogP contribution in [0, 0.1) is 5.41 Å². The van der Waals surface area contributed by atoms with E-state index in [0.29, 0.717) is 16.0 Å². The van der Waals surface area contributed by atoms with E-state index >= 15 is 0 Å². The van der Waals surface area contributed by atoms with Gasteiger partial charge in [-0.3, -0.25) is 0 Å². The van der Waals surface area contributed by atoms with Crippen molar-refractivity contribution in [1.29, 1.82) is 0 Å². The van der Waals surface area contributed by atoms with Crippen LogP contribution in [0.3, 0.4) is 0 Å². The third kappa shape index (κ3) is 4.16. The van der Waals surface area contributed by atoms with Crippen LogP contribution in [-0.4, -0.2) is 67.7 Å². The molecule has 1 aliphatic carbocycles. The monoisotopic (exact) mass is 352 g/mol. The van der Waals surface area contributed by atoms with Crippen LogP contribution in [0.2, 0.25) is 0 Å². The van der Waals surface area contributed by atoms with Gasteiger partial charge in [0.15, 0.2) is 6.54 Å². The minimum absolute atomic E-state index is 0.191. The molecule has 24 heavy (non-hydrogen) atoms. The smallest absolute Gasteiger partial charge is 0.362 e. The molecule has 2 rings (SSSR count). The predicted molar refractivity (Wildman–Crippen MR) is 100 cm³/mol. The summed E-state index contributed by atoms with van der Waals surface area (Å²) in [5, 5.41) is 0. The predicted octanol–water partition coefficient (Wildman–Crippen LogP) is 1.84. The van der Waals surface area contributed by atoms with Gasteiger partial charge in [-0.15, -0.1) is 0 Å². The Morgan fingerprint density at radius 2 is 2.17 bits per heavy atom. The van der Waals surface area contributed by atoms with Crippen molar-refractivity contribution in [2.45, 2.75) is 31.8 Å². The number of ether oxygens (including phenoxy) is 1. The van der Waals surface area contributed by atoms with Crippen LogP contribution in [0.25, 0.3) is 0 Å². The van der Waals surface area contributed by atoms with Crippen LogP contribution >= 0.6 is 12.2 Å². The standard InChI is InChI=1S/C18H29N3O2S/c1-20-11-7-8-14(12-20)18(17(19)24)10-6-5-9-15(18)23-16(22)13-21(2,3)4/h7-8,12,15H,5-6,9-11,13H2,1-4H3,(H-,19,24)/p+1/t15-,18-/m1/s1. The summed E-state index contributed by atoms with van der Waals surface area (Å²) in [7, 11) is 7.95. The fraction of sp³-hybridized carbons (Fsp3) is 0.667. The van der Waals surface area contributed by atoms with Gasteiger partial charge in [-0.2, -0.15) is 0 Å². The number of carbonyl (C=O) groups excluding carboxylic acids is 1. The number of thiocarbonyl (C=S) groups is 1. The number of nitrogens with two attached hydrogens (primary N) is 1. The van der Waals surface area contributed by atoms with E-state index in [1.54, 1.807) is 0 Å². The molecule has 0 aromatic carbocycles. The van der Waals surface area contributed by atoms with Crippen LogP contribution in [0.4, 0.5) is 0 Å². The fourth-order valence-corrected chi connectivity index (χ4v) is 3.93. The van der Waals surface area contributed by atoms with Gasteiger partial charge in [0.05, 0.1) is 31.5 Å². The Hall–Kier alpha value is -1.40. The zero-order valence-electron chi connectivity index (χ0n) is 15.2. The summed E-state index contributed by atoms with van der Waals surface area (Å²) >= 11 is 5.48. The fourth-order valence-electron chi connectivity index (χ4n) is 3.58. The second-order valence-electron chi connectivity index (χ2n) is 7.93. The molecule has 2 aliphatic rings. The number of rotatable bonds is 5. The van der Waals surface area contributed by atoms with E-state index in [1.165, 1.54) is 0 Å². The summed E-state index contributed by atoms with van der Waals surface area (Å²) in [5.74, 6) is -0.191. The van der Waals surface area contributed by atoms with Crippen LogP contribution in [-0.2, 0) is 9.53 Å². The number of allylic oxidation sites excluding steroid dienone is 1. The molecule has 0 amide bonds. The average Bonchev–Trinajstić information content (AvgIpc) is 2.45. The van der Waals surface area contributed by atoms with E-state index in [9.17, 15) is 4.79 Å².